The third kappa shape index (κ3) is 1.71. The molecule has 2 saturated carbocycles. The van der Waals surface area contributed by atoms with Crippen molar-refractivity contribution in [3.05, 3.63) is 34.3 Å². The monoisotopic (exact) mass is 262 g/mol. The molecule has 0 spiro atoms. The van der Waals surface area contributed by atoms with Crippen LogP contribution < -0.4 is 0 Å². The van der Waals surface area contributed by atoms with E-state index in [0.29, 0.717) is 5.02 Å². The van der Waals surface area contributed by atoms with Crippen molar-refractivity contribution in [3.8, 4) is 0 Å². The summed E-state index contributed by atoms with van der Waals surface area (Å²) in [5.74, 6) is -0.152. The molecule has 0 radical (unpaired) electrons. The van der Waals surface area contributed by atoms with Gasteiger partial charge in [0.25, 0.3) is 0 Å². The number of Topliss-reactive ketones (excluding diaryl/α,β-unsaturated/α-hetero) is 2. The van der Waals surface area contributed by atoms with Crippen LogP contribution in [0.25, 0.3) is 0 Å². The molecule has 18 heavy (non-hydrogen) atoms. The van der Waals surface area contributed by atoms with Crippen LogP contribution in [0.5, 0.6) is 0 Å². The number of fused-ring (bicyclic) bond motifs is 2. The zero-order chi connectivity index (χ0) is 12.9. The predicted octanol–water partition coefficient (Wildman–Crippen LogP) is 3.30. The van der Waals surface area contributed by atoms with Gasteiger partial charge in [-0.2, -0.15) is 0 Å². The second-order valence-corrected chi connectivity index (χ2v) is 5.88. The number of ketones is 2. The Labute approximate surface area is 111 Å². The second-order valence-electron chi connectivity index (χ2n) is 5.45. The number of carbonyl (C=O) groups is 2. The molecule has 1 unspecified atom stereocenters. The first kappa shape index (κ1) is 11.9. The molecule has 0 amide bonds. The molecule has 94 valence electrons. The van der Waals surface area contributed by atoms with E-state index in [9.17, 15) is 9.59 Å². The number of halogens is 1. The van der Waals surface area contributed by atoms with Gasteiger partial charge in [0.05, 0.1) is 0 Å². The van der Waals surface area contributed by atoms with E-state index in [4.69, 9.17) is 11.6 Å². The van der Waals surface area contributed by atoms with Gasteiger partial charge in [-0.1, -0.05) is 17.7 Å². The van der Waals surface area contributed by atoms with Gasteiger partial charge in [0.2, 0.25) is 0 Å². The Morgan fingerprint density at radius 2 is 1.72 bits per heavy atom. The topological polar surface area (TPSA) is 34.1 Å². The Hall–Kier alpha value is -1.15. The Bertz CT molecular complexity index is 513. The van der Waals surface area contributed by atoms with Gasteiger partial charge in [-0.3, -0.25) is 9.59 Å². The highest BCUT2D eigenvalue weighted by atomic mass is 35.5. The maximum Gasteiger partial charge on any atom is 0.150 e. The standard InChI is InChI=1S/C15H15ClO2/c1-8-2-5-11(16)7-12(8)13-14(17)9-3-4-10(6-9)15(13)18/h2,5,7,9-10,13H,3-4,6H2,1H3/t9-,10+,13?. The predicted molar refractivity (Wildman–Crippen MR) is 69.8 cm³/mol. The number of hydrogen-bond donors (Lipinski definition) is 0. The molecule has 3 heteroatoms. The van der Waals surface area contributed by atoms with Crippen LogP contribution in [0.3, 0.4) is 0 Å². The average Bonchev–Trinajstić information content (AvgIpc) is 2.78. The van der Waals surface area contributed by atoms with Gasteiger partial charge in [-0.05, 0) is 49.4 Å². The molecular weight excluding hydrogens is 248 g/mol. The Kier molecular flexibility index (Phi) is 2.78. The van der Waals surface area contributed by atoms with E-state index in [1.807, 2.05) is 13.0 Å². The van der Waals surface area contributed by atoms with Gasteiger partial charge < -0.3 is 0 Å². The number of aryl methyl sites for hydroxylation is 1. The molecule has 2 aliphatic carbocycles. The SMILES string of the molecule is Cc1ccc(Cl)cc1C1C(=O)[C@@H]2CC[C@@H](C2)C1=O. The van der Waals surface area contributed by atoms with Crippen molar-refractivity contribution in [3.63, 3.8) is 0 Å². The first-order chi connectivity index (χ1) is 8.58. The highest BCUT2D eigenvalue weighted by Gasteiger charge is 2.47. The van der Waals surface area contributed by atoms with Gasteiger partial charge in [0, 0.05) is 16.9 Å². The van der Waals surface area contributed by atoms with Crippen LogP contribution in [0.15, 0.2) is 18.2 Å². The molecule has 0 N–H and O–H groups in total. The highest BCUT2D eigenvalue weighted by molar-refractivity contribution is 6.30. The normalized spacial score (nSPS) is 30.9. The zero-order valence-corrected chi connectivity index (χ0v) is 11.0. The van der Waals surface area contributed by atoms with Crippen LogP contribution in [0.1, 0.15) is 36.3 Å². The van der Waals surface area contributed by atoms with Gasteiger partial charge in [-0.25, -0.2) is 0 Å². The summed E-state index contributed by atoms with van der Waals surface area (Å²) in [6.45, 7) is 1.93. The van der Waals surface area contributed by atoms with Crippen LogP contribution in [0, 0.1) is 18.8 Å². The molecule has 3 rings (SSSR count). The molecule has 1 aromatic rings. The molecule has 2 nitrogen and oxygen atoms in total. The van der Waals surface area contributed by atoms with Gasteiger partial charge >= 0.3 is 0 Å². The maximum atomic E-state index is 12.4. The van der Waals surface area contributed by atoms with Crippen molar-refractivity contribution < 1.29 is 9.59 Å². The summed E-state index contributed by atoms with van der Waals surface area (Å²) in [7, 11) is 0. The maximum absolute atomic E-state index is 12.4. The van der Waals surface area contributed by atoms with Gasteiger partial charge in [0.15, 0.2) is 11.6 Å². The summed E-state index contributed by atoms with van der Waals surface area (Å²) in [5.41, 5.74) is 1.79. The van der Waals surface area contributed by atoms with E-state index in [1.54, 1.807) is 12.1 Å². The molecule has 2 fully saturated rings. The van der Waals surface area contributed by atoms with E-state index in [-0.39, 0.29) is 23.4 Å². The fourth-order valence-corrected chi connectivity index (χ4v) is 3.52. The minimum absolute atomic E-state index is 0.0936. The number of benzene rings is 1. The highest BCUT2D eigenvalue weighted by Crippen LogP contribution is 2.44. The third-order valence-electron chi connectivity index (χ3n) is 4.36. The lowest BCUT2D eigenvalue weighted by molar-refractivity contribution is -0.135. The molecule has 0 aromatic heterocycles. The van der Waals surface area contributed by atoms with Gasteiger partial charge in [0.1, 0.15) is 5.92 Å². The summed E-state index contributed by atoms with van der Waals surface area (Å²) >= 11 is 6.00. The summed E-state index contributed by atoms with van der Waals surface area (Å²) in [6.07, 6.45) is 2.53. The lowest BCUT2D eigenvalue weighted by atomic mass is 9.74. The van der Waals surface area contributed by atoms with Crippen molar-refractivity contribution in [1.29, 1.82) is 0 Å². The number of carbonyl (C=O) groups excluding carboxylic acids is 2. The molecular formula is C15H15ClO2. The van der Waals surface area contributed by atoms with Crippen LogP contribution in [-0.2, 0) is 9.59 Å². The fraction of sp³-hybridized carbons (Fsp3) is 0.467. The number of rotatable bonds is 1. The molecule has 1 aromatic carbocycles. The quantitative estimate of drug-likeness (QED) is 0.728. The van der Waals surface area contributed by atoms with Crippen LogP contribution in [0.4, 0.5) is 0 Å². The van der Waals surface area contributed by atoms with Crippen molar-refractivity contribution in [2.45, 2.75) is 32.1 Å². The van der Waals surface area contributed by atoms with Crippen LogP contribution >= 0.6 is 11.6 Å². The first-order valence-electron chi connectivity index (χ1n) is 6.41. The number of hydrogen-bond acceptors (Lipinski definition) is 2. The van der Waals surface area contributed by atoms with E-state index < -0.39 is 5.92 Å². The van der Waals surface area contributed by atoms with Crippen molar-refractivity contribution in [1.82, 2.24) is 0 Å². The van der Waals surface area contributed by atoms with E-state index in [0.717, 1.165) is 30.4 Å². The van der Waals surface area contributed by atoms with Crippen molar-refractivity contribution >= 4 is 23.2 Å². The fourth-order valence-electron chi connectivity index (χ4n) is 3.34. The third-order valence-corrected chi connectivity index (χ3v) is 4.59. The minimum atomic E-state index is -0.560. The Morgan fingerprint density at radius 1 is 1.11 bits per heavy atom. The Balaban J connectivity index is 2.07. The molecule has 0 saturated heterocycles. The molecule has 0 heterocycles. The van der Waals surface area contributed by atoms with Crippen molar-refractivity contribution in [2.75, 3.05) is 0 Å². The second kappa shape index (κ2) is 4.20. The molecule has 2 aliphatic rings. The van der Waals surface area contributed by atoms with Crippen LogP contribution in [0.2, 0.25) is 5.02 Å². The minimum Gasteiger partial charge on any atom is -0.298 e. The first-order valence-corrected chi connectivity index (χ1v) is 6.79. The largest absolute Gasteiger partial charge is 0.298 e. The molecule has 2 bridgehead atoms. The smallest absolute Gasteiger partial charge is 0.150 e. The van der Waals surface area contributed by atoms with E-state index in [2.05, 4.69) is 0 Å². The van der Waals surface area contributed by atoms with E-state index in [1.165, 1.54) is 0 Å². The summed E-state index contributed by atoms with van der Waals surface area (Å²) in [6, 6.07) is 5.46. The zero-order valence-electron chi connectivity index (χ0n) is 10.3. The molecule has 0 aliphatic heterocycles. The van der Waals surface area contributed by atoms with E-state index >= 15 is 0 Å². The summed E-state index contributed by atoms with van der Waals surface area (Å²) in [5, 5.41) is 0.592. The lowest BCUT2D eigenvalue weighted by Gasteiger charge is -2.26. The van der Waals surface area contributed by atoms with Gasteiger partial charge in [-0.15, -0.1) is 0 Å². The van der Waals surface area contributed by atoms with Crippen LogP contribution in [-0.4, -0.2) is 11.6 Å². The summed E-state index contributed by atoms with van der Waals surface area (Å²) in [4.78, 5) is 24.8. The summed E-state index contributed by atoms with van der Waals surface area (Å²) < 4.78 is 0. The Morgan fingerprint density at radius 3 is 2.33 bits per heavy atom. The lowest BCUT2D eigenvalue weighted by Crippen LogP contribution is -2.35. The average molecular weight is 263 g/mol. The molecule has 3 atom stereocenters. The van der Waals surface area contributed by atoms with Crippen molar-refractivity contribution in [2.24, 2.45) is 11.8 Å².